The molecular weight excluding hydrogens is 480 g/mol. The van der Waals surface area contributed by atoms with Gasteiger partial charge < -0.3 is 4.74 Å². The van der Waals surface area contributed by atoms with Gasteiger partial charge in [-0.2, -0.15) is 10.2 Å². The first-order valence-electron chi connectivity index (χ1n) is 15.5. The van der Waals surface area contributed by atoms with Crippen LogP contribution in [0, 0.1) is 6.92 Å². The van der Waals surface area contributed by atoms with Crippen LogP contribution in [0.5, 0.6) is 5.75 Å². The van der Waals surface area contributed by atoms with Crippen LogP contribution in [-0.4, -0.2) is 11.2 Å². The lowest BCUT2D eigenvalue weighted by Gasteiger charge is -2.06. The van der Waals surface area contributed by atoms with Crippen molar-refractivity contribution in [3.05, 3.63) is 72.8 Å². The first-order chi connectivity index (χ1) is 19.2. The molecule has 0 atom stereocenters. The van der Waals surface area contributed by atoms with Gasteiger partial charge in [0.25, 0.3) is 0 Å². The van der Waals surface area contributed by atoms with Crippen molar-refractivity contribution in [2.45, 2.75) is 117 Å². The molecule has 2 aromatic carbocycles. The van der Waals surface area contributed by atoms with Gasteiger partial charge in [-0.15, -0.1) is 0 Å². The van der Waals surface area contributed by atoms with Crippen LogP contribution in [0.15, 0.2) is 77.5 Å². The van der Waals surface area contributed by atoms with E-state index in [0.717, 1.165) is 43.2 Å². The van der Waals surface area contributed by atoms with Crippen molar-refractivity contribution in [3.63, 3.8) is 0 Å². The first-order valence-corrected chi connectivity index (χ1v) is 15.5. The van der Waals surface area contributed by atoms with Crippen LogP contribution in [0.25, 0.3) is 0 Å². The molecule has 0 saturated carbocycles. The standard InChI is InChI=1S/C34H51N4O/c1-3-4-5-6-7-8-9-10-11-14-25-37-27-28-38(30-37)26-15-12-13-16-29-39-34-23-21-33(22-24-34)36-35-32-19-17-31(2)18-20-32/h17-24,27-28,30H,3-16,25-26,29H2,1-2H3/q+1. The Balaban J connectivity index is 1.16. The van der Waals surface area contributed by atoms with Crippen LogP contribution in [0.3, 0.4) is 0 Å². The molecule has 0 bridgehead atoms. The second kappa shape index (κ2) is 19.2. The Bertz CT molecular complexity index is 1040. The minimum absolute atomic E-state index is 0.757. The number of imidazole rings is 1. The van der Waals surface area contributed by atoms with Gasteiger partial charge in [-0.05, 0) is 81.8 Å². The number of ether oxygens (including phenoxy) is 1. The molecule has 0 amide bonds. The van der Waals surface area contributed by atoms with Crippen LogP contribution in [-0.2, 0) is 13.1 Å². The molecule has 0 saturated heterocycles. The molecule has 0 aliphatic rings. The molecule has 1 heterocycles. The summed E-state index contributed by atoms with van der Waals surface area (Å²) in [7, 11) is 0. The van der Waals surface area contributed by atoms with E-state index in [1.54, 1.807) is 0 Å². The van der Waals surface area contributed by atoms with Gasteiger partial charge >= 0.3 is 0 Å². The van der Waals surface area contributed by atoms with Crippen molar-refractivity contribution in [3.8, 4) is 5.75 Å². The Kier molecular flexibility index (Phi) is 15.0. The van der Waals surface area contributed by atoms with E-state index >= 15 is 0 Å². The summed E-state index contributed by atoms with van der Waals surface area (Å²) >= 11 is 0. The molecular formula is C34H51N4O+. The van der Waals surface area contributed by atoms with Gasteiger partial charge in [-0.1, -0.05) is 76.0 Å². The number of aryl methyl sites for hydroxylation is 3. The summed E-state index contributed by atoms with van der Waals surface area (Å²) in [6.45, 7) is 7.36. The van der Waals surface area contributed by atoms with Crippen molar-refractivity contribution in [1.29, 1.82) is 0 Å². The van der Waals surface area contributed by atoms with Crippen molar-refractivity contribution >= 4 is 11.4 Å². The van der Waals surface area contributed by atoms with Gasteiger partial charge in [-0.3, -0.25) is 0 Å². The zero-order valence-electron chi connectivity index (χ0n) is 24.6. The number of rotatable bonds is 21. The van der Waals surface area contributed by atoms with Gasteiger partial charge in [0.1, 0.15) is 18.1 Å². The highest BCUT2D eigenvalue weighted by Gasteiger charge is 2.04. The van der Waals surface area contributed by atoms with Crippen molar-refractivity contribution in [2.24, 2.45) is 10.2 Å². The average Bonchev–Trinajstić information content (AvgIpc) is 3.41. The van der Waals surface area contributed by atoms with E-state index in [1.807, 2.05) is 48.5 Å². The second-order valence-electron chi connectivity index (χ2n) is 10.9. The van der Waals surface area contributed by atoms with E-state index in [0.29, 0.717) is 0 Å². The summed E-state index contributed by atoms with van der Waals surface area (Å²) in [4.78, 5) is 0. The fourth-order valence-corrected chi connectivity index (χ4v) is 4.76. The predicted octanol–water partition coefficient (Wildman–Crippen LogP) is 10.1. The van der Waals surface area contributed by atoms with Gasteiger partial charge in [-0.25, -0.2) is 9.13 Å². The third-order valence-corrected chi connectivity index (χ3v) is 7.25. The summed E-state index contributed by atoms with van der Waals surface area (Å²) in [5, 5.41) is 8.60. The zero-order valence-corrected chi connectivity index (χ0v) is 24.6. The summed E-state index contributed by atoms with van der Waals surface area (Å²) in [6.07, 6.45) is 25.4. The minimum Gasteiger partial charge on any atom is -0.494 e. The molecule has 0 N–H and O–H groups in total. The molecule has 0 unspecified atom stereocenters. The van der Waals surface area contributed by atoms with Gasteiger partial charge in [0.15, 0.2) is 0 Å². The maximum absolute atomic E-state index is 5.91. The molecule has 0 aliphatic carbocycles. The molecule has 5 heteroatoms. The number of aromatic nitrogens is 2. The lowest BCUT2D eigenvalue weighted by atomic mass is 10.1. The number of benzene rings is 2. The van der Waals surface area contributed by atoms with Crippen molar-refractivity contribution in [2.75, 3.05) is 6.61 Å². The Morgan fingerprint density at radius 2 is 1.23 bits per heavy atom. The zero-order chi connectivity index (χ0) is 27.4. The molecule has 1 aromatic heterocycles. The Labute approximate surface area is 237 Å². The van der Waals surface area contributed by atoms with E-state index in [4.69, 9.17) is 4.74 Å². The predicted molar refractivity (Wildman–Crippen MR) is 162 cm³/mol. The maximum Gasteiger partial charge on any atom is 0.243 e. The average molecular weight is 532 g/mol. The summed E-state index contributed by atoms with van der Waals surface area (Å²) < 4.78 is 10.6. The quantitative estimate of drug-likeness (QED) is 0.0766. The highest BCUT2D eigenvalue weighted by Crippen LogP contribution is 2.22. The molecule has 0 aliphatic heterocycles. The molecule has 3 aromatic rings. The largest absolute Gasteiger partial charge is 0.494 e. The van der Waals surface area contributed by atoms with E-state index in [1.165, 1.54) is 89.0 Å². The lowest BCUT2D eigenvalue weighted by Crippen LogP contribution is -2.30. The van der Waals surface area contributed by atoms with Gasteiger partial charge in [0.05, 0.1) is 31.1 Å². The van der Waals surface area contributed by atoms with Crippen LogP contribution in [0.4, 0.5) is 11.4 Å². The lowest BCUT2D eigenvalue weighted by molar-refractivity contribution is -0.696. The highest BCUT2D eigenvalue weighted by atomic mass is 16.5. The molecule has 3 rings (SSSR count). The maximum atomic E-state index is 5.91. The van der Waals surface area contributed by atoms with E-state index in [-0.39, 0.29) is 0 Å². The number of hydrogen-bond acceptors (Lipinski definition) is 3. The molecule has 0 fully saturated rings. The van der Waals surface area contributed by atoms with Gasteiger partial charge in [0.2, 0.25) is 6.33 Å². The summed E-state index contributed by atoms with van der Waals surface area (Å²) in [5.41, 5.74) is 2.91. The van der Waals surface area contributed by atoms with E-state index in [2.05, 4.69) is 51.9 Å². The van der Waals surface area contributed by atoms with Gasteiger partial charge in [0, 0.05) is 0 Å². The fourth-order valence-electron chi connectivity index (χ4n) is 4.76. The minimum atomic E-state index is 0.757. The molecule has 5 nitrogen and oxygen atoms in total. The second-order valence-corrected chi connectivity index (χ2v) is 10.9. The number of unbranched alkanes of at least 4 members (excludes halogenated alkanes) is 12. The summed E-state index contributed by atoms with van der Waals surface area (Å²) in [6, 6.07) is 15.9. The monoisotopic (exact) mass is 531 g/mol. The fraction of sp³-hybridized carbons (Fsp3) is 0.559. The number of nitrogens with zero attached hydrogens (tertiary/aromatic N) is 4. The van der Waals surface area contributed by atoms with Crippen LogP contribution in [0.1, 0.15) is 102 Å². The first kappa shape index (κ1) is 30.6. The van der Waals surface area contributed by atoms with Crippen LogP contribution < -0.4 is 9.30 Å². The normalized spacial score (nSPS) is 11.4. The number of azo groups is 1. The van der Waals surface area contributed by atoms with Crippen LogP contribution >= 0.6 is 0 Å². The Morgan fingerprint density at radius 3 is 1.90 bits per heavy atom. The van der Waals surface area contributed by atoms with E-state index < -0.39 is 0 Å². The molecule has 39 heavy (non-hydrogen) atoms. The smallest absolute Gasteiger partial charge is 0.243 e. The molecule has 0 spiro atoms. The molecule has 0 radical (unpaired) electrons. The van der Waals surface area contributed by atoms with Crippen LogP contribution in [0.2, 0.25) is 0 Å². The Hall–Kier alpha value is -2.95. The van der Waals surface area contributed by atoms with Crippen molar-refractivity contribution < 1.29 is 9.30 Å². The van der Waals surface area contributed by atoms with Crippen molar-refractivity contribution in [1.82, 2.24) is 4.57 Å². The topological polar surface area (TPSA) is 42.8 Å². The molecule has 212 valence electrons. The highest BCUT2D eigenvalue weighted by molar-refractivity contribution is 5.43. The third kappa shape index (κ3) is 13.6. The SMILES string of the molecule is CCCCCCCCCCCC[n+]1ccn(CCCCCCOc2ccc(N=Nc3ccc(C)cc3)cc2)c1. The Morgan fingerprint density at radius 1 is 0.667 bits per heavy atom. The summed E-state index contributed by atoms with van der Waals surface area (Å²) in [5.74, 6) is 0.892. The number of hydrogen-bond donors (Lipinski definition) is 0. The van der Waals surface area contributed by atoms with E-state index in [9.17, 15) is 0 Å². The third-order valence-electron chi connectivity index (χ3n) is 7.25.